The molecule has 0 N–H and O–H groups in total. The van der Waals surface area contributed by atoms with Crippen molar-refractivity contribution in [2.45, 2.75) is 25.9 Å². The van der Waals surface area contributed by atoms with E-state index in [1.54, 1.807) is 13.3 Å². The SMILES string of the molecule is COCCC(C)(C)Oc1nccc(-c2ccc(N3CCOCC3)cc2)c1C#N. The molecule has 1 aromatic heterocycles. The number of methoxy groups -OCH3 is 1. The highest BCUT2D eigenvalue weighted by atomic mass is 16.5. The minimum absolute atomic E-state index is 0.360. The largest absolute Gasteiger partial charge is 0.471 e. The molecule has 148 valence electrons. The summed E-state index contributed by atoms with van der Waals surface area (Å²) in [5.74, 6) is 0.360. The van der Waals surface area contributed by atoms with Crippen molar-refractivity contribution < 1.29 is 14.2 Å². The van der Waals surface area contributed by atoms with Crippen molar-refractivity contribution in [3.8, 4) is 23.1 Å². The van der Waals surface area contributed by atoms with E-state index >= 15 is 0 Å². The minimum atomic E-state index is -0.479. The van der Waals surface area contributed by atoms with E-state index in [2.05, 4.69) is 28.1 Å². The first kappa shape index (κ1) is 20.1. The summed E-state index contributed by atoms with van der Waals surface area (Å²) in [7, 11) is 1.66. The first-order chi connectivity index (χ1) is 13.5. The van der Waals surface area contributed by atoms with Crippen LogP contribution < -0.4 is 9.64 Å². The summed E-state index contributed by atoms with van der Waals surface area (Å²) in [4.78, 5) is 6.62. The summed E-state index contributed by atoms with van der Waals surface area (Å²) in [5.41, 5.74) is 2.93. The number of nitrogens with zero attached hydrogens (tertiary/aromatic N) is 3. The molecule has 0 aliphatic carbocycles. The summed E-state index contributed by atoms with van der Waals surface area (Å²) in [5, 5.41) is 9.78. The molecule has 1 aliphatic heterocycles. The Hall–Kier alpha value is -2.62. The maximum absolute atomic E-state index is 9.78. The number of ether oxygens (including phenoxy) is 3. The third kappa shape index (κ3) is 4.80. The molecule has 0 atom stereocenters. The zero-order valence-corrected chi connectivity index (χ0v) is 16.8. The van der Waals surface area contributed by atoms with Crippen LogP contribution in [0.5, 0.6) is 5.88 Å². The average Bonchev–Trinajstić information content (AvgIpc) is 2.72. The van der Waals surface area contributed by atoms with Crippen LogP contribution in [0.4, 0.5) is 5.69 Å². The number of pyridine rings is 1. The van der Waals surface area contributed by atoms with Crippen molar-refractivity contribution in [1.82, 2.24) is 4.98 Å². The van der Waals surface area contributed by atoms with E-state index in [1.165, 1.54) is 0 Å². The maximum Gasteiger partial charge on any atom is 0.232 e. The minimum Gasteiger partial charge on any atom is -0.471 e. The van der Waals surface area contributed by atoms with Gasteiger partial charge in [0.2, 0.25) is 5.88 Å². The lowest BCUT2D eigenvalue weighted by Gasteiger charge is -2.29. The molecule has 2 heterocycles. The topological polar surface area (TPSA) is 67.6 Å². The monoisotopic (exact) mass is 381 g/mol. The van der Waals surface area contributed by atoms with Crippen LogP contribution in [0.1, 0.15) is 25.8 Å². The summed E-state index contributed by atoms with van der Waals surface area (Å²) < 4.78 is 16.6. The second-order valence-corrected chi connectivity index (χ2v) is 7.40. The fourth-order valence-corrected chi connectivity index (χ4v) is 3.20. The molecular formula is C22H27N3O3. The van der Waals surface area contributed by atoms with E-state index < -0.39 is 5.60 Å². The molecule has 1 saturated heterocycles. The van der Waals surface area contributed by atoms with Crippen LogP contribution in [0.2, 0.25) is 0 Å². The lowest BCUT2D eigenvalue weighted by Crippen LogP contribution is -2.36. The summed E-state index contributed by atoms with van der Waals surface area (Å²) >= 11 is 0. The van der Waals surface area contributed by atoms with Gasteiger partial charge in [-0.3, -0.25) is 0 Å². The third-order valence-electron chi connectivity index (χ3n) is 4.86. The summed E-state index contributed by atoms with van der Waals surface area (Å²) in [6.07, 6.45) is 2.39. The number of benzene rings is 1. The highest BCUT2D eigenvalue weighted by Crippen LogP contribution is 2.32. The Morgan fingerprint density at radius 2 is 1.89 bits per heavy atom. The van der Waals surface area contributed by atoms with Gasteiger partial charge in [-0.2, -0.15) is 5.26 Å². The van der Waals surface area contributed by atoms with Gasteiger partial charge in [0.1, 0.15) is 17.2 Å². The van der Waals surface area contributed by atoms with Crippen molar-refractivity contribution in [1.29, 1.82) is 5.26 Å². The highest BCUT2D eigenvalue weighted by Gasteiger charge is 2.23. The third-order valence-corrected chi connectivity index (χ3v) is 4.86. The number of aromatic nitrogens is 1. The molecule has 0 radical (unpaired) electrons. The quantitative estimate of drug-likeness (QED) is 0.729. The average molecular weight is 381 g/mol. The molecule has 0 spiro atoms. The van der Waals surface area contributed by atoms with Gasteiger partial charge in [-0.25, -0.2) is 4.98 Å². The van der Waals surface area contributed by atoms with Crippen LogP contribution in [-0.4, -0.2) is 50.6 Å². The molecule has 6 heteroatoms. The molecule has 2 aromatic rings. The summed E-state index contributed by atoms with van der Waals surface area (Å²) in [6.45, 7) is 7.82. The standard InChI is InChI=1S/C22H27N3O3/c1-22(2,9-13-26-3)28-21-20(16-23)19(8-10-24-21)17-4-6-18(7-5-17)25-11-14-27-15-12-25/h4-8,10H,9,11-15H2,1-3H3. The Balaban J connectivity index is 1.85. The van der Waals surface area contributed by atoms with Crippen molar-refractivity contribution in [3.05, 3.63) is 42.1 Å². The van der Waals surface area contributed by atoms with Gasteiger partial charge in [-0.1, -0.05) is 12.1 Å². The highest BCUT2D eigenvalue weighted by molar-refractivity contribution is 5.73. The lowest BCUT2D eigenvalue weighted by atomic mass is 10.0. The van der Waals surface area contributed by atoms with Crippen LogP contribution in [0.15, 0.2) is 36.5 Å². The van der Waals surface area contributed by atoms with Crippen molar-refractivity contribution in [3.63, 3.8) is 0 Å². The smallest absolute Gasteiger partial charge is 0.232 e. The zero-order valence-electron chi connectivity index (χ0n) is 16.8. The first-order valence-corrected chi connectivity index (χ1v) is 9.54. The molecule has 0 bridgehead atoms. The van der Waals surface area contributed by atoms with Gasteiger partial charge in [-0.05, 0) is 37.6 Å². The number of hydrogen-bond acceptors (Lipinski definition) is 6. The van der Waals surface area contributed by atoms with E-state index in [1.807, 2.05) is 32.0 Å². The van der Waals surface area contributed by atoms with Gasteiger partial charge in [-0.15, -0.1) is 0 Å². The van der Waals surface area contributed by atoms with E-state index in [-0.39, 0.29) is 0 Å². The normalized spacial score (nSPS) is 14.6. The Bertz CT molecular complexity index is 822. The number of rotatable bonds is 7. The van der Waals surface area contributed by atoms with E-state index in [9.17, 15) is 5.26 Å². The van der Waals surface area contributed by atoms with Crippen LogP contribution in [-0.2, 0) is 9.47 Å². The molecule has 3 rings (SSSR count). The first-order valence-electron chi connectivity index (χ1n) is 9.54. The van der Waals surface area contributed by atoms with Crippen LogP contribution in [0.25, 0.3) is 11.1 Å². The Morgan fingerprint density at radius 1 is 1.18 bits per heavy atom. The molecule has 1 aromatic carbocycles. The predicted octanol–water partition coefficient (Wildman–Crippen LogP) is 3.65. The molecule has 0 saturated carbocycles. The Morgan fingerprint density at radius 3 is 2.54 bits per heavy atom. The predicted molar refractivity (Wildman–Crippen MR) is 109 cm³/mol. The molecule has 1 aliphatic rings. The van der Waals surface area contributed by atoms with Crippen LogP contribution >= 0.6 is 0 Å². The molecule has 0 unspecified atom stereocenters. The van der Waals surface area contributed by atoms with Gasteiger partial charge < -0.3 is 19.1 Å². The van der Waals surface area contributed by atoms with Gasteiger partial charge in [0.25, 0.3) is 0 Å². The van der Waals surface area contributed by atoms with E-state index in [0.717, 1.165) is 43.1 Å². The number of anilines is 1. The van der Waals surface area contributed by atoms with Gasteiger partial charge >= 0.3 is 0 Å². The van der Waals surface area contributed by atoms with E-state index in [4.69, 9.17) is 14.2 Å². The number of morpholine rings is 1. The molecule has 6 nitrogen and oxygen atoms in total. The molecule has 1 fully saturated rings. The molecule has 0 amide bonds. The summed E-state index contributed by atoms with van der Waals surface area (Å²) in [6, 6.07) is 12.4. The Labute approximate surface area is 166 Å². The van der Waals surface area contributed by atoms with Crippen LogP contribution in [0.3, 0.4) is 0 Å². The fraction of sp³-hybridized carbons (Fsp3) is 0.455. The lowest BCUT2D eigenvalue weighted by molar-refractivity contribution is 0.0588. The van der Waals surface area contributed by atoms with Crippen molar-refractivity contribution >= 4 is 5.69 Å². The van der Waals surface area contributed by atoms with Crippen LogP contribution in [0, 0.1) is 11.3 Å². The van der Waals surface area contributed by atoms with Gasteiger partial charge in [0.15, 0.2) is 0 Å². The zero-order chi connectivity index (χ0) is 20.0. The molecular weight excluding hydrogens is 354 g/mol. The van der Waals surface area contributed by atoms with Gasteiger partial charge in [0, 0.05) is 50.7 Å². The Kier molecular flexibility index (Phi) is 6.50. The second-order valence-electron chi connectivity index (χ2n) is 7.40. The number of hydrogen-bond donors (Lipinski definition) is 0. The fourth-order valence-electron chi connectivity index (χ4n) is 3.20. The molecule has 28 heavy (non-hydrogen) atoms. The maximum atomic E-state index is 9.78. The number of nitriles is 1. The van der Waals surface area contributed by atoms with Gasteiger partial charge in [0.05, 0.1) is 13.2 Å². The van der Waals surface area contributed by atoms with E-state index in [0.29, 0.717) is 24.5 Å². The van der Waals surface area contributed by atoms with Crippen molar-refractivity contribution in [2.75, 3.05) is 44.9 Å². The van der Waals surface area contributed by atoms with Crippen molar-refractivity contribution in [2.24, 2.45) is 0 Å². The second kappa shape index (κ2) is 9.05.